The van der Waals surface area contributed by atoms with Gasteiger partial charge < -0.3 is 10.6 Å². The maximum Gasteiger partial charge on any atom is 0.256 e. The molecule has 22 heavy (non-hydrogen) atoms. The maximum absolute atomic E-state index is 13.4. The fourth-order valence-electron chi connectivity index (χ4n) is 2.60. The zero-order valence-corrected chi connectivity index (χ0v) is 13.8. The first kappa shape index (κ1) is 15.1. The molecule has 0 radical (unpaired) electrons. The Hall–Kier alpha value is -1.79. The van der Waals surface area contributed by atoms with Crippen LogP contribution in [0.15, 0.2) is 53.0 Å². The molecule has 1 amide bonds. The van der Waals surface area contributed by atoms with E-state index in [9.17, 15) is 9.18 Å². The Kier molecular flexibility index (Phi) is 3.97. The van der Waals surface area contributed by atoms with Crippen LogP contribution in [0.2, 0.25) is 0 Å². The molecule has 3 rings (SSSR count). The summed E-state index contributed by atoms with van der Waals surface area (Å²) in [6.07, 6.45) is 0.363. The lowest BCUT2D eigenvalue weighted by Gasteiger charge is -2.27. The van der Waals surface area contributed by atoms with Crippen LogP contribution < -0.4 is 10.6 Å². The maximum atomic E-state index is 13.4. The highest BCUT2D eigenvalue weighted by atomic mass is 79.9. The fourth-order valence-corrected chi connectivity index (χ4v) is 3.29. The summed E-state index contributed by atoms with van der Waals surface area (Å²) in [4.78, 5) is 12.5. The molecule has 1 aliphatic heterocycles. The Bertz CT molecular complexity index is 753. The molecule has 1 atom stereocenters. The standard InChI is InChI=1S/C16H12BrFN2OS/c17-12-8-10(6-7-13(12)18)9-16(11-4-2-1-3-5-11)14(21)19-15(22)20-16/h1-8H,9H2,(H2,19,20,21,22). The molecule has 0 aliphatic carbocycles. The Morgan fingerprint density at radius 2 is 1.91 bits per heavy atom. The third kappa shape index (κ3) is 2.64. The predicted molar refractivity (Wildman–Crippen MR) is 89.8 cm³/mol. The van der Waals surface area contributed by atoms with Crippen molar-refractivity contribution in [3.05, 3.63) is 69.9 Å². The van der Waals surface area contributed by atoms with E-state index in [0.717, 1.165) is 11.1 Å². The molecule has 1 fully saturated rings. The predicted octanol–water partition coefficient (Wildman–Crippen LogP) is 3.03. The summed E-state index contributed by atoms with van der Waals surface area (Å²) in [5, 5.41) is 6.03. The molecule has 2 aromatic carbocycles. The molecule has 1 saturated heterocycles. The lowest BCUT2D eigenvalue weighted by atomic mass is 9.84. The highest BCUT2D eigenvalue weighted by molar-refractivity contribution is 9.10. The number of hydrogen-bond acceptors (Lipinski definition) is 2. The van der Waals surface area contributed by atoms with Gasteiger partial charge in [-0.25, -0.2) is 4.39 Å². The number of benzene rings is 2. The molecule has 1 heterocycles. The Labute approximate surface area is 141 Å². The van der Waals surface area contributed by atoms with Crippen molar-refractivity contribution in [3.8, 4) is 0 Å². The van der Waals surface area contributed by atoms with Crippen molar-refractivity contribution in [2.75, 3.05) is 0 Å². The van der Waals surface area contributed by atoms with Gasteiger partial charge in [-0.3, -0.25) is 4.79 Å². The summed E-state index contributed by atoms with van der Waals surface area (Å²) in [5.74, 6) is -0.541. The minimum atomic E-state index is -0.977. The smallest absolute Gasteiger partial charge is 0.256 e. The molecule has 0 aromatic heterocycles. The van der Waals surface area contributed by atoms with Gasteiger partial charge in [0.2, 0.25) is 0 Å². The molecule has 2 N–H and O–H groups in total. The van der Waals surface area contributed by atoms with Crippen LogP contribution >= 0.6 is 28.1 Å². The highest BCUT2D eigenvalue weighted by Gasteiger charge is 2.46. The second kappa shape index (κ2) is 5.78. The number of halogens is 2. The van der Waals surface area contributed by atoms with Gasteiger partial charge in [-0.1, -0.05) is 36.4 Å². The zero-order valence-electron chi connectivity index (χ0n) is 11.4. The van der Waals surface area contributed by atoms with Crippen molar-refractivity contribution in [3.63, 3.8) is 0 Å². The molecular weight excluding hydrogens is 367 g/mol. The first-order chi connectivity index (χ1) is 10.5. The molecule has 1 aliphatic rings. The van der Waals surface area contributed by atoms with Crippen LogP contribution in [0.1, 0.15) is 11.1 Å². The minimum absolute atomic E-state index is 0.204. The monoisotopic (exact) mass is 378 g/mol. The molecule has 6 heteroatoms. The SMILES string of the molecule is O=C1NC(=S)NC1(Cc1ccc(F)c(Br)c1)c1ccccc1. The molecule has 112 valence electrons. The number of carbonyl (C=O) groups excluding carboxylic acids is 1. The Balaban J connectivity index is 2.05. The molecule has 0 saturated carbocycles. The fraction of sp³-hybridized carbons (Fsp3) is 0.125. The van der Waals surface area contributed by atoms with Crippen LogP contribution in [-0.2, 0) is 16.8 Å². The minimum Gasteiger partial charge on any atom is -0.344 e. The third-order valence-electron chi connectivity index (χ3n) is 3.66. The van der Waals surface area contributed by atoms with Crippen LogP contribution in [0, 0.1) is 5.82 Å². The second-order valence-corrected chi connectivity index (χ2v) is 6.37. The first-order valence-corrected chi connectivity index (χ1v) is 7.84. The van der Waals surface area contributed by atoms with Crippen molar-refractivity contribution in [1.82, 2.24) is 10.6 Å². The van der Waals surface area contributed by atoms with Gasteiger partial charge in [0.25, 0.3) is 5.91 Å². The summed E-state index contributed by atoms with van der Waals surface area (Å²) in [7, 11) is 0. The van der Waals surface area contributed by atoms with Crippen molar-refractivity contribution >= 4 is 39.2 Å². The van der Waals surface area contributed by atoms with Gasteiger partial charge in [0.15, 0.2) is 5.11 Å². The summed E-state index contributed by atoms with van der Waals surface area (Å²) in [5.41, 5.74) is 0.660. The first-order valence-electron chi connectivity index (χ1n) is 6.64. The van der Waals surface area contributed by atoms with E-state index < -0.39 is 5.54 Å². The van der Waals surface area contributed by atoms with E-state index in [1.54, 1.807) is 12.1 Å². The topological polar surface area (TPSA) is 41.1 Å². The normalized spacial score (nSPS) is 20.6. The van der Waals surface area contributed by atoms with Crippen molar-refractivity contribution in [2.24, 2.45) is 0 Å². The van der Waals surface area contributed by atoms with E-state index in [4.69, 9.17) is 12.2 Å². The van der Waals surface area contributed by atoms with E-state index in [-0.39, 0.29) is 11.7 Å². The molecule has 1 unspecified atom stereocenters. The van der Waals surface area contributed by atoms with Crippen LogP contribution in [0.4, 0.5) is 4.39 Å². The average Bonchev–Trinajstić information content (AvgIpc) is 2.79. The lowest BCUT2D eigenvalue weighted by molar-refractivity contribution is -0.124. The van der Waals surface area contributed by atoms with Crippen LogP contribution in [0.3, 0.4) is 0 Å². The summed E-state index contributed by atoms with van der Waals surface area (Å²) in [6.45, 7) is 0. The number of nitrogens with one attached hydrogen (secondary N) is 2. The number of thiocarbonyl (C=S) groups is 1. The van der Waals surface area contributed by atoms with E-state index >= 15 is 0 Å². The van der Waals surface area contributed by atoms with E-state index in [2.05, 4.69) is 26.6 Å². The average molecular weight is 379 g/mol. The quantitative estimate of drug-likeness (QED) is 0.806. The van der Waals surface area contributed by atoms with E-state index in [1.165, 1.54) is 6.07 Å². The summed E-state index contributed by atoms with van der Waals surface area (Å²) >= 11 is 8.27. The summed E-state index contributed by atoms with van der Waals surface area (Å²) < 4.78 is 13.8. The van der Waals surface area contributed by atoms with Gasteiger partial charge >= 0.3 is 0 Å². The highest BCUT2D eigenvalue weighted by Crippen LogP contribution is 2.30. The van der Waals surface area contributed by atoms with Crippen LogP contribution in [0.25, 0.3) is 0 Å². The molecule has 3 nitrogen and oxygen atoms in total. The van der Waals surface area contributed by atoms with Crippen LogP contribution in [-0.4, -0.2) is 11.0 Å². The van der Waals surface area contributed by atoms with Crippen molar-refractivity contribution < 1.29 is 9.18 Å². The van der Waals surface area contributed by atoms with Crippen molar-refractivity contribution in [1.29, 1.82) is 0 Å². The van der Waals surface area contributed by atoms with Gasteiger partial charge in [0, 0.05) is 6.42 Å². The molecular formula is C16H12BrFN2OS. The lowest BCUT2D eigenvalue weighted by Crippen LogP contribution is -2.45. The largest absolute Gasteiger partial charge is 0.344 e. The summed E-state index contributed by atoms with van der Waals surface area (Å²) in [6, 6.07) is 14.1. The van der Waals surface area contributed by atoms with Crippen LogP contribution in [0.5, 0.6) is 0 Å². The Morgan fingerprint density at radius 1 is 1.18 bits per heavy atom. The molecule has 0 spiro atoms. The zero-order chi connectivity index (χ0) is 15.7. The number of hydrogen-bond donors (Lipinski definition) is 2. The molecule has 0 bridgehead atoms. The van der Waals surface area contributed by atoms with E-state index in [1.807, 2.05) is 30.3 Å². The Morgan fingerprint density at radius 3 is 2.50 bits per heavy atom. The van der Waals surface area contributed by atoms with Crippen molar-refractivity contribution in [2.45, 2.75) is 12.0 Å². The number of rotatable bonds is 3. The van der Waals surface area contributed by atoms with E-state index in [0.29, 0.717) is 16.0 Å². The van der Waals surface area contributed by atoms with Gasteiger partial charge in [0.1, 0.15) is 11.4 Å². The second-order valence-electron chi connectivity index (χ2n) is 5.10. The van der Waals surface area contributed by atoms with Gasteiger partial charge in [0.05, 0.1) is 4.47 Å². The molecule has 2 aromatic rings. The number of amides is 1. The van der Waals surface area contributed by atoms with Gasteiger partial charge in [-0.05, 0) is 51.4 Å². The number of carbonyl (C=O) groups is 1. The van der Waals surface area contributed by atoms with Gasteiger partial charge in [-0.15, -0.1) is 0 Å². The van der Waals surface area contributed by atoms with Gasteiger partial charge in [-0.2, -0.15) is 0 Å². The third-order valence-corrected chi connectivity index (χ3v) is 4.47.